The molecule has 0 saturated carbocycles. The van der Waals surface area contributed by atoms with Gasteiger partial charge in [0.25, 0.3) is 0 Å². The van der Waals surface area contributed by atoms with Gasteiger partial charge in [0.15, 0.2) is 0 Å². The average molecular weight is 265 g/mol. The number of piperazine rings is 1. The zero-order valence-electron chi connectivity index (χ0n) is 12.3. The van der Waals surface area contributed by atoms with Gasteiger partial charge in [-0.1, -0.05) is 0 Å². The lowest BCUT2D eigenvalue weighted by molar-refractivity contribution is -0.136. The van der Waals surface area contributed by atoms with Gasteiger partial charge < -0.3 is 15.1 Å². The van der Waals surface area contributed by atoms with Crippen LogP contribution in [0.15, 0.2) is 0 Å². The fourth-order valence-corrected chi connectivity index (χ4v) is 4.22. The van der Waals surface area contributed by atoms with Gasteiger partial charge in [-0.15, -0.1) is 0 Å². The quantitative estimate of drug-likeness (QED) is 0.811. The first-order valence-electron chi connectivity index (χ1n) is 7.86. The summed E-state index contributed by atoms with van der Waals surface area (Å²) in [6.07, 6.45) is 5.85. The Bertz CT molecular complexity index is 334. The molecule has 0 radical (unpaired) electrons. The maximum atomic E-state index is 12.5. The van der Waals surface area contributed by atoms with Crippen LogP contribution in [0.1, 0.15) is 39.0 Å². The number of carbonyl (C=O) groups is 1. The van der Waals surface area contributed by atoms with Crippen molar-refractivity contribution in [2.45, 2.75) is 57.2 Å². The van der Waals surface area contributed by atoms with E-state index in [-0.39, 0.29) is 0 Å². The molecule has 3 aliphatic rings. The fraction of sp³-hybridized carbons (Fsp3) is 0.933. The summed E-state index contributed by atoms with van der Waals surface area (Å²) in [4.78, 5) is 16.9. The summed E-state index contributed by atoms with van der Waals surface area (Å²) >= 11 is 0. The molecule has 0 aromatic heterocycles. The Morgan fingerprint density at radius 1 is 1.21 bits per heavy atom. The molecule has 3 saturated heterocycles. The molecular formula is C15H27N3O. The Morgan fingerprint density at radius 3 is 2.53 bits per heavy atom. The average Bonchev–Trinajstić information content (AvgIpc) is 2.68. The Morgan fingerprint density at radius 2 is 1.89 bits per heavy atom. The van der Waals surface area contributed by atoms with Crippen molar-refractivity contribution in [3.05, 3.63) is 0 Å². The van der Waals surface area contributed by atoms with E-state index < -0.39 is 0 Å². The number of nitrogens with zero attached hydrogens (tertiary/aromatic N) is 2. The van der Waals surface area contributed by atoms with Crippen molar-refractivity contribution in [1.29, 1.82) is 0 Å². The van der Waals surface area contributed by atoms with Crippen LogP contribution in [-0.2, 0) is 4.79 Å². The summed E-state index contributed by atoms with van der Waals surface area (Å²) in [6, 6.07) is 1.77. The van der Waals surface area contributed by atoms with Crippen molar-refractivity contribution in [3.8, 4) is 0 Å². The molecule has 1 N–H and O–H groups in total. The molecule has 3 heterocycles. The molecular weight excluding hydrogens is 238 g/mol. The Kier molecular flexibility index (Phi) is 3.81. The second kappa shape index (κ2) is 5.41. The summed E-state index contributed by atoms with van der Waals surface area (Å²) < 4.78 is 0. The summed E-state index contributed by atoms with van der Waals surface area (Å²) in [7, 11) is 2.14. The van der Waals surface area contributed by atoms with Gasteiger partial charge in [-0.3, -0.25) is 4.79 Å². The van der Waals surface area contributed by atoms with Crippen LogP contribution in [0.5, 0.6) is 0 Å². The third kappa shape index (κ3) is 2.95. The minimum Gasteiger partial charge on any atom is -0.337 e. The third-order valence-corrected chi connectivity index (χ3v) is 5.18. The van der Waals surface area contributed by atoms with E-state index >= 15 is 0 Å². The van der Waals surface area contributed by atoms with Crippen molar-refractivity contribution < 1.29 is 4.79 Å². The van der Waals surface area contributed by atoms with Gasteiger partial charge in [0.1, 0.15) is 0 Å². The van der Waals surface area contributed by atoms with Crippen molar-refractivity contribution in [2.24, 2.45) is 5.92 Å². The molecule has 4 nitrogen and oxygen atoms in total. The van der Waals surface area contributed by atoms with E-state index in [0.717, 1.165) is 26.1 Å². The predicted molar refractivity (Wildman–Crippen MR) is 76.0 cm³/mol. The van der Waals surface area contributed by atoms with E-state index in [0.29, 0.717) is 30.0 Å². The number of nitrogens with one attached hydrogen (secondary N) is 1. The van der Waals surface area contributed by atoms with Crippen LogP contribution in [0.2, 0.25) is 0 Å². The first kappa shape index (κ1) is 13.4. The maximum Gasteiger partial charge on any atom is 0.223 e. The Balaban J connectivity index is 1.53. The summed E-state index contributed by atoms with van der Waals surface area (Å²) in [5.41, 5.74) is 0. The normalized spacial score (nSPS) is 39.6. The first-order chi connectivity index (χ1) is 9.11. The Labute approximate surface area is 116 Å². The number of piperidine rings is 1. The molecule has 4 heteroatoms. The van der Waals surface area contributed by atoms with Crippen LogP contribution in [0.25, 0.3) is 0 Å². The fourth-order valence-electron chi connectivity index (χ4n) is 4.22. The largest absolute Gasteiger partial charge is 0.337 e. The van der Waals surface area contributed by atoms with Crippen molar-refractivity contribution in [1.82, 2.24) is 15.1 Å². The van der Waals surface area contributed by atoms with E-state index in [4.69, 9.17) is 0 Å². The van der Waals surface area contributed by atoms with Crippen LogP contribution < -0.4 is 5.32 Å². The molecule has 19 heavy (non-hydrogen) atoms. The minimum absolute atomic E-state index is 0.379. The molecule has 1 amide bonds. The highest BCUT2D eigenvalue weighted by molar-refractivity contribution is 5.77. The lowest BCUT2D eigenvalue weighted by Crippen LogP contribution is -2.53. The topological polar surface area (TPSA) is 35.6 Å². The van der Waals surface area contributed by atoms with Crippen LogP contribution in [0, 0.1) is 5.92 Å². The highest BCUT2D eigenvalue weighted by atomic mass is 16.2. The van der Waals surface area contributed by atoms with Crippen LogP contribution in [-0.4, -0.2) is 60.5 Å². The molecule has 3 atom stereocenters. The monoisotopic (exact) mass is 265 g/mol. The number of fused-ring (bicyclic) bond motifs is 2. The van der Waals surface area contributed by atoms with Crippen molar-refractivity contribution in [2.75, 3.05) is 26.7 Å². The lowest BCUT2D eigenvalue weighted by Gasteiger charge is -2.39. The van der Waals surface area contributed by atoms with Crippen molar-refractivity contribution >= 4 is 5.91 Å². The molecule has 0 spiro atoms. The van der Waals surface area contributed by atoms with Gasteiger partial charge in [0.2, 0.25) is 5.91 Å². The number of hydrogen-bond donors (Lipinski definition) is 1. The standard InChI is InChI=1S/C15H27N3O/c1-11-10-17(2)5-6-18(11)15(19)9-12-7-13-3-4-14(8-12)16-13/h11-14,16H,3-10H2,1-2H3. The highest BCUT2D eigenvalue weighted by Gasteiger charge is 2.35. The Hall–Kier alpha value is -0.610. The molecule has 3 rings (SSSR count). The van der Waals surface area contributed by atoms with Gasteiger partial charge in [0, 0.05) is 44.2 Å². The number of likely N-dealkylation sites (N-methyl/N-ethyl adjacent to an activating group) is 1. The summed E-state index contributed by atoms with van der Waals surface area (Å²) in [5, 5.41) is 3.66. The van der Waals surface area contributed by atoms with Gasteiger partial charge in [-0.05, 0) is 45.6 Å². The van der Waals surface area contributed by atoms with E-state index in [1.165, 1.54) is 25.7 Å². The highest BCUT2D eigenvalue weighted by Crippen LogP contribution is 2.33. The number of carbonyl (C=O) groups excluding carboxylic acids is 1. The van der Waals surface area contributed by atoms with Gasteiger partial charge in [-0.25, -0.2) is 0 Å². The molecule has 108 valence electrons. The zero-order chi connectivity index (χ0) is 13.4. The summed E-state index contributed by atoms with van der Waals surface area (Å²) in [6.45, 7) is 5.13. The van der Waals surface area contributed by atoms with E-state index in [2.05, 4.69) is 29.1 Å². The van der Waals surface area contributed by atoms with Crippen LogP contribution in [0.3, 0.4) is 0 Å². The van der Waals surface area contributed by atoms with Crippen LogP contribution in [0.4, 0.5) is 0 Å². The third-order valence-electron chi connectivity index (χ3n) is 5.18. The smallest absolute Gasteiger partial charge is 0.223 e. The maximum absolute atomic E-state index is 12.5. The van der Waals surface area contributed by atoms with Crippen molar-refractivity contribution in [3.63, 3.8) is 0 Å². The van der Waals surface area contributed by atoms with Gasteiger partial charge >= 0.3 is 0 Å². The molecule has 0 aromatic rings. The second-order valence-electron chi connectivity index (χ2n) is 6.88. The molecule has 3 fully saturated rings. The first-order valence-corrected chi connectivity index (χ1v) is 7.86. The number of rotatable bonds is 2. The SMILES string of the molecule is CC1CN(C)CCN1C(=O)CC1CC2CCC(C1)N2. The molecule has 0 aliphatic carbocycles. The van der Waals surface area contributed by atoms with E-state index in [1.54, 1.807) is 0 Å². The predicted octanol–water partition coefficient (Wildman–Crippen LogP) is 1.07. The van der Waals surface area contributed by atoms with Gasteiger partial charge in [0.05, 0.1) is 0 Å². The minimum atomic E-state index is 0.379. The molecule has 2 bridgehead atoms. The van der Waals surface area contributed by atoms with E-state index in [9.17, 15) is 4.79 Å². The number of hydrogen-bond acceptors (Lipinski definition) is 3. The summed E-state index contributed by atoms with van der Waals surface area (Å²) in [5.74, 6) is 1.02. The molecule has 3 aliphatic heterocycles. The van der Waals surface area contributed by atoms with E-state index in [1.807, 2.05) is 0 Å². The molecule has 0 aromatic carbocycles. The second-order valence-corrected chi connectivity index (χ2v) is 6.88. The zero-order valence-corrected chi connectivity index (χ0v) is 12.3. The lowest BCUT2D eigenvalue weighted by atomic mass is 9.89. The molecule has 3 unspecified atom stereocenters. The number of amides is 1. The van der Waals surface area contributed by atoms with Crippen LogP contribution >= 0.6 is 0 Å². The van der Waals surface area contributed by atoms with Gasteiger partial charge in [-0.2, -0.15) is 0 Å².